The quantitative estimate of drug-likeness (QED) is 0.0525. The lowest BCUT2D eigenvalue weighted by molar-refractivity contribution is -0.461. The minimum atomic E-state index is -8.72. The fourth-order valence-corrected chi connectivity index (χ4v) is 3.88. The maximum absolute atomic E-state index is 14.0. The molecular weight excluding hydrogens is 803 g/mol. The summed E-state index contributed by atoms with van der Waals surface area (Å²) < 4.78 is 237. The number of benzene rings is 2. The summed E-state index contributed by atoms with van der Waals surface area (Å²) in [4.78, 5) is 12.1. The number of hydrogen-bond acceptors (Lipinski definition) is 5. The Morgan fingerprint density at radius 3 is 1.42 bits per heavy atom. The van der Waals surface area contributed by atoms with Gasteiger partial charge in [0.2, 0.25) is 0 Å². The zero-order valence-corrected chi connectivity index (χ0v) is 25.9. The van der Waals surface area contributed by atoms with E-state index >= 15 is 0 Å². The Morgan fingerprint density at radius 2 is 0.980 bits per heavy atom. The van der Waals surface area contributed by atoms with Crippen LogP contribution in [-0.4, -0.2) is 72.1 Å². The van der Waals surface area contributed by atoms with Gasteiger partial charge in [-0.15, -0.1) is 0 Å². The number of carbonyl (C=O) groups is 1. The Hall–Kier alpha value is -3.40. The largest absolute Gasteiger partial charge is 0.494 e. The Labute approximate surface area is 277 Å². The highest BCUT2D eigenvalue weighted by atomic mass is 79.9. The fraction of sp³-hybridized carbons (Fsp3) is 0.519. The molecule has 282 valence electrons. The van der Waals surface area contributed by atoms with Crippen molar-refractivity contribution in [2.45, 2.75) is 66.9 Å². The first-order chi connectivity index (χ1) is 22.6. The number of alkyl halides is 18. The number of rotatable bonds is 17. The molecule has 0 fully saturated rings. The highest BCUT2D eigenvalue weighted by Gasteiger charge is 2.95. The van der Waals surface area contributed by atoms with Crippen LogP contribution in [0.4, 0.5) is 86.0 Å². The van der Waals surface area contributed by atoms with Gasteiger partial charge in [-0.1, -0.05) is 15.9 Å². The molecule has 0 aliphatic heterocycles. The van der Waals surface area contributed by atoms with Crippen molar-refractivity contribution in [3.63, 3.8) is 0 Å². The molecule has 0 saturated heterocycles. The molecule has 0 spiro atoms. The standard InChI is InChI=1S/C27H20BrF17N2O3/c28-12-1-2-13-49-18-9-7-17(8-10-18)47-46-16-5-3-15(4-6-16)19(48)50-14-11-20(29,30)21(31,32)22(33,34)23(35,36)24(37,38)25(39,40)26(41,42)27(43,44)45/h3-10H,1-2,11-14H2. The number of carbonyl (C=O) groups excluding carboxylic acids is 1. The molecule has 0 aliphatic carbocycles. The number of nitrogens with zero attached hydrogens (tertiary/aromatic N) is 2. The van der Waals surface area contributed by atoms with Crippen molar-refractivity contribution in [3.05, 3.63) is 54.1 Å². The molecule has 5 nitrogen and oxygen atoms in total. The lowest BCUT2D eigenvalue weighted by Crippen LogP contribution is -2.74. The van der Waals surface area contributed by atoms with Crippen LogP contribution in [0, 0.1) is 0 Å². The summed E-state index contributed by atoms with van der Waals surface area (Å²) in [7, 11) is 0. The highest BCUT2D eigenvalue weighted by Crippen LogP contribution is 2.64. The van der Waals surface area contributed by atoms with Gasteiger partial charge in [0, 0.05) is 5.33 Å². The average molecular weight is 823 g/mol. The molecule has 2 aromatic carbocycles. The maximum Gasteiger partial charge on any atom is 0.460 e. The lowest BCUT2D eigenvalue weighted by Gasteiger charge is -2.42. The Kier molecular flexibility index (Phi) is 12.9. The molecule has 0 unspecified atom stereocenters. The van der Waals surface area contributed by atoms with Gasteiger partial charge in [0.1, 0.15) is 5.75 Å². The summed E-state index contributed by atoms with van der Waals surface area (Å²) in [5, 5.41) is 8.54. The van der Waals surface area contributed by atoms with Gasteiger partial charge >= 0.3 is 53.6 Å². The molecule has 2 rings (SSSR count). The second kappa shape index (κ2) is 15.1. The van der Waals surface area contributed by atoms with Crippen LogP contribution in [0.15, 0.2) is 58.8 Å². The van der Waals surface area contributed by atoms with Crippen molar-refractivity contribution >= 4 is 33.3 Å². The maximum atomic E-state index is 14.0. The van der Waals surface area contributed by atoms with Gasteiger partial charge in [0.05, 0.1) is 36.6 Å². The SMILES string of the molecule is O=C(OCCC(F)(F)C(F)(F)C(F)(F)C(F)(F)C(F)(F)C(F)(F)C(F)(F)C(F)(F)F)c1ccc(N=Nc2ccc(OCCCCBr)cc2)cc1. The minimum absolute atomic E-state index is 0.0707. The minimum Gasteiger partial charge on any atom is -0.494 e. The zero-order chi connectivity index (χ0) is 38.6. The van der Waals surface area contributed by atoms with E-state index in [2.05, 4.69) is 30.9 Å². The van der Waals surface area contributed by atoms with E-state index in [1.807, 2.05) is 0 Å². The number of hydrogen-bond donors (Lipinski definition) is 0. The zero-order valence-electron chi connectivity index (χ0n) is 24.3. The van der Waals surface area contributed by atoms with E-state index in [4.69, 9.17) is 4.74 Å². The normalized spacial score (nSPS) is 14.3. The van der Waals surface area contributed by atoms with E-state index in [0.29, 0.717) is 18.0 Å². The van der Waals surface area contributed by atoms with Crippen LogP contribution >= 0.6 is 15.9 Å². The van der Waals surface area contributed by atoms with Gasteiger partial charge in [0.25, 0.3) is 0 Å². The third-order valence-corrected chi connectivity index (χ3v) is 7.01. The predicted molar refractivity (Wildman–Crippen MR) is 141 cm³/mol. The summed E-state index contributed by atoms with van der Waals surface area (Å²) in [5.41, 5.74) is -0.120. The molecule has 0 N–H and O–H groups in total. The lowest BCUT2D eigenvalue weighted by atomic mass is 9.88. The third-order valence-electron chi connectivity index (χ3n) is 6.45. The van der Waals surface area contributed by atoms with E-state index in [9.17, 15) is 79.4 Å². The van der Waals surface area contributed by atoms with Gasteiger partial charge < -0.3 is 9.47 Å². The summed E-state index contributed by atoms with van der Waals surface area (Å²) >= 11 is 3.28. The highest BCUT2D eigenvalue weighted by molar-refractivity contribution is 9.09. The average Bonchev–Trinajstić information content (AvgIpc) is 3.01. The first kappa shape index (κ1) is 42.8. The molecule has 0 atom stereocenters. The number of ether oxygens (including phenoxy) is 2. The van der Waals surface area contributed by atoms with Crippen molar-refractivity contribution in [1.29, 1.82) is 0 Å². The van der Waals surface area contributed by atoms with Gasteiger partial charge in [-0.2, -0.15) is 84.9 Å². The van der Waals surface area contributed by atoms with Gasteiger partial charge in [-0.3, -0.25) is 0 Å². The molecule has 50 heavy (non-hydrogen) atoms. The van der Waals surface area contributed by atoms with Gasteiger partial charge in [-0.05, 0) is 61.4 Å². The molecule has 0 heterocycles. The van der Waals surface area contributed by atoms with Gasteiger partial charge in [-0.25, -0.2) is 4.79 Å². The predicted octanol–water partition coefficient (Wildman–Crippen LogP) is 11.2. The first-order valence-corrected chi connectivity index (χ1v) is 14.4. The Bertz CT molecular complexity index is 1470. The Balaban J connectivity index is 2.10. The molecule has 0 aromatic heterocycles. The van der Waals surface area contributed by atoms with Crippen LogP contribution < -0.4 is 4.74 Å². The van der Waals surface area contributed by atoms with Crippen molar-refractivity contribution in [3.8, 4) is 5.75 Å². The van der Waals surface area contributed by atoms with E-state index in [-0.39, 0.29) is 5.69 Å². The molecule has 0 aliphatic rings. The van der Waals surface area contributed by atoms with E-state index < -0.39 is 72.2 Å². The number of halogens is 18. The Morgan fingerprint density at radius 1 is 0.560 bits per heavy atom. The fourth-order valence-electron chi connectivity index (χ4n) is 3.48. The van der Waals surface area contributed by atoms with Crippen molar-refractivity contribution in [1.82, 2.24) is 0 Å². The van der Waals surface area contributed by atoms with Crippen LogP contribution in [0.5, 0.6) is 5.75 Å². The number of esters is 1. The molecule has 2 aromatic rings. The van der Waals surface area contributed by atoms with Crippen LogP contribution in [0.1, 0.15) is 29.6 Å². The van der Waals surface area contributed by atoms with E-state index in [1.54, 1.807) is 24.3 Å². The number of azo groups is 1. The van der Waals surface area contributed by atoms with Crippen molar-refractivity contribution < 1.29 is 88.9 Å². The third kappa shape index (κ3) is 8.21. The topological polar surface area (TPSA) is 60.2 Å². The van der Waals surface area contributed by atoms with Crippen molar-refractivity contribution in [2.24, 2.45) is 10.2 Å². The van der Waals surface area contributed by atoms with Crippen LogP contribution in [0.2, 0.25) is 0 Å². The molecule has 0 amide bonds. The second-order valence-electron chi connectivity index (χ2n) is 10.0. The van der Waals surface area contributed by atoms with E-state index in [1.165, 1.54) is 0 Å². The molecule has 0 saturated carbocycles. The van der Waals surface area contributed by atoms with Crippen molar-refractivity contribution in [2.75, 3.05) is 18.5 Å². The molecule has 0 radical (unpaired) electrons. The molecule has 23 heteroatoms. The monoisotopic (exact) mass is 822 g/mol. The second-order valence-corrected chi connectivity index (χ2v) is 10.8. The number of unbranched alkanes of at least 4 members (excludes halogenated alkanes) is 1. The smallest absolute Gasteiger partial charge is 0.460 e. The van der Waals surface area contributed by atoms with Crippen LogP contribution in [-0.2, 0) is 4.74 Å². The molecular formula is C27H20BrF17N2O3. The first-order valence-electron chi connectivity index (χ1n) is 13.3. The summed E-state index contributed by atoms with van der Waals surface area (Å²) in [6.45, 7) is -1.58. The molecule has 0 bridgehead atoms. The summed E-state index contributed by atoms with van der Waals surface area (Å²) in [6.07, 6.45) is -9.02. The van der Waals surface area contributed by atoms with Crippen LogP contribution in [0.25, 0.3) is 0 Å². The van der Waals surface area contributed by atoms with E-state index in [0.717, 1.165) is 42.4 Å². The summed E-state index contributed by atoms with van der Waals surface area (Å²) in [5.74, 6) is -58.2. The summed E-state index contributed by atoms with van der Waals surface area (Å²) in [6, 6.07) is 10.3. The van der Waals surface area contributed by atoms with Crippen LogP contribution in [0.3, 0.4) is 0 Å². The van der Waals surface area contributed by atoms with Gasteiger partial charge in [0.15, 0.2) is 0 Å².